The Morgan fingerprint density at radius 1 is 1.24 bits per heavy atom. The normalized spacial score (nSPS) is 13.0. The van der Waals surface area contributed by atoms with E-state index in [9.17, 15) is 4.79 Å². The Morgan fingerprint density at radius 3 is 2.84 bits per heavy atom. The summed E-state index contributed by atoms with van der Waals surface area (Å²) in [6, 6.07) is 12.6. The minimum atomic E-state index is -0.736. The number of hydrogen-bond acceptors (Lipinski definition) is 4. The molecule has 4 rings (SSSR count). The summed E-state index contributed by atoms with van der Waals surface area (Å²) in [7, 11) is 0. The second-order valence-electron chi connectivity index (χ2n) is 6.07. The highest BCUT2D eigenvalue weighted by atomic mass is 35.5. The molecule has 1 aromatic carbocycles. The number of halogens is 1. The van der Waals surface area contributed by atoms with Crippen LogP contribution in [0.25, 0.3) is 11.3 Å². The van der Waals surface area contributed by atoms with Crippen LogP contribution in [0.2, 0.25) is 0 Å². The van der Waals surface area contributed by atoms with Crippen molar-refractivity contribution in [3.63, 3.8) is 0 Å². The van der Waals surface area contributed by atoms with Gasteiger partial charge in [0.15, 0.2) is 0 Å². The monoisotopic (exact) mass is 391 g/mol. The Hall–Kier alpha value is -1.69. The lowest BCUT2D eigenvalue weighted by Crippen LogP contribution is -2.06. The van der Waals surface area contributed by atoms with Crippen LogP contribution in [0.1, 0.15) is 39.1 Å². The molecule has 0 spiro atoms. The maximum absolute atomic E-state index is 11.0. The van der Waals surface area contributed by atoms with Crippen LogP contribution in [0.3, 0.4) is 0 Å². The van der Waals surface area contributed by atoms with E-state index in [4.69, 9.17) is 10.1 Å². The lowest BCUT2D eigenvalue weighted by Gasteiger charge is -2.12. The molecule has 1 atom stereocenters. The molecular weight excluding hydrogens is 374 g/mol. The van der Waals surface area contributed by atoms with E-state index < -0.39 is 5.97 Å². The molecule has 2 aromatic heterocycles. The van der Waals surface area contributed by atoms with Gasteiger partial charge in [-0.3, -0.25) is 4.79 Å². The number of carbonyl (C=O) groups is 1. The van der Waals surface area contributed by atoms with E-state index in [0.717, 1.165) is 23.5 Å². The van der Waals surface area contributed by atoms with E-state index in [1.54, 1.807) is 22.7 Å². The Balaban J connectivity index is 0.00000182. The summed E-state index contributed by atoms with van der Waals surface area (Å²) in [5, 5.41) is 12.2. The van der Waals surface area contributed by atoms with Crippen molar-refractivity contribution < 1.29 is 9.90 Å². The Labute approximate surface area is 160 Å². The molecule has 0 radical (unpaired) electrons. The molecule has 130 valence electrons. The first kappa shape index (κ1) is 18.1. The number of thiazole rings is 1. The summed E-state index contributed by atoms with van der Waals surface area (Å²) in [4.78, 5) is 18.6. The van der Waals surface area contributed by atoms with E-state index in [1.807, 2.05) is 6.07 Å². The summed E-state index contributed by atoms with van der Waals surface area (Å²) >= 11 is 3.49. The molecule has 2 heterocycles. The first-order chi connectivity index (χ1) is 11.7. The van der Waals surface area contributed by atoms with Crippen molar-refractivity contribution in [1.82, 2.24) is 4.98 Å². The lowest BCUT2D eigenvalue weighted by atomic mass is 9.99. The third-order valence-electron chi connectivity index (χ3n) is 4.42. The Bertz CT molecular complexity index is 873. The van der Waals surface area contributed by atoms with Gasteiger partial charge in [-0.1, -0.05) is 30.3 Å². The van der Waals surface area contributed by atoms with E-state index in [1.165, 1.54) is 20.9 Å². The highest BCUT2D eigenvalue weighted by molar-refractivity contribution is 7.12. The number of rotatable bonds is 6. The predicted molar refractivity (Wildman–Crippen MR) is 105 cm³/mol. The first-order valence-corrected chi connectivity index (χ1v) is 9.72. The molecule has 25 heavy (non-hydrogen) atoms. The molecule has 0 aliphatic heterocycles. The summed E-state index contributed by atoms with van der Waals surface area (Å²) in [6.45, 7) is 0. The number of benzene rings is 1. The minimum absolute atomic E-state index is 0. The highest BCUT2D eigenvalue weighted by Crippen LogP contribution is 2.42. The summed E-state index contributed by atoms with van der Waals surface area (Å²) in [5.41, 5.74) is 3.69. The van der Waals surface area contributed by atoms with Gasteiger partial charge >= 0.3 is 5.97 Å². The molecule has 0 saturated heterocycles. The SMILES string of the molecule is Cl.O=C(O)CCC(Cc1cccs1)c1nc2c(s1)Cc1ccccc1-2. The fourth-order valence-corrected chi connectivity index (χ4v) is 5.26. The van der Waals surface area contributed by atoms with E-state index >= 15 is 0 Å². The average Bonchev–Trinajstić information content (AvgIpc) is 3.26. The molecule has 0 amide bonds. The summed E-state index contributed by atoms with van der Waals surface area (Å²) in [5.74, 6) is -0.553. The molecule has 3 nitrogen and oxygen atoms in total. The first-order valence-electron chi connectivity index (χ1n) is 8.03. The van der Waals surface area contributed by atoms with Crippen molar-refractivity contribution in [2.24, 2.45) is 0 Å². The lowest BCUT2D eigenvalue weighted by molar-refractivity contribution is -0.137. The molecule has 0 saturated carbocycles. The minimum Gasteiger partial charge on any atom is -0.481 e. The highest BCUT2D eigenvalue weighted by Gasteiger charge is 2.26. The molecule has 6 heteroatoms. The fourth-order valence-electron chi connectivity index (χ4n) is 3.24. The third-order valence-corrected chi connectivity index (χ3v) is 6.54. The molecule has 3 aromatic rings. The van der Waals surface area contributed by atoms with E-state index in [0.29, 0.717) is 6.42 Å². The molecule has 0 fully saturated rings. The van der Waals surface area contributed by atoms with Crippen molar-refractivity contribution >= 4 is 41.0 Å². The standard InChI is InChI=1S/C19H17NO2S2.ClH/c21-17(22)8-7-13(10-14-5-3-9-23-14)19-20-18-15-6-2-1-4-12(15)11-16(18)24-19;/h1-6,9,13H,7-8,10-11H2,(H,21,22);1H. The number of thiophene rings is 1. The van der Waals surface area contributed by atoms with Gasteiger partial charge in [0.25, 0.3) is 0 Å². The van der Waals surface area contributed by atoms with Gasteiger partial charge in [0.05, 0.1) is 10.7 Å². The number of hydrogen-bond donors (Lipinski definition) is 1. The predicted octanol–water partition coefficient (Wildman–Crippen LogP) is 5.39. The van der Waals surface area contributed by atoms with Crippen LogP contribution in [0.15, 0.2) is 41.8 Å². The van der Waals surface area contributed by atoms with Crippen molar-refractivity contribution in [3.8, 4) is 11.3 Å². The van der Waals surface area contributed by atoms with Crippen LogP contribution in [-0.2, 0) is 17.6 Å². The largest absolute Gasteiger partial charge is 0.481 e. The number of fused-ring (bicyclic) bond motifs is 3. The van der Waals surface area contributed by atoms with Crippen LogP contribution in [0.4, 0.5) is 0 Å². The van der Waals surface area contributed by atoms with Crippen molar-refractivity contribution in [2.45, 2.75) is 31.6 Å². The van der Waals surface area contributed by atoms with Crippen LogP contribution in [0.5, 0.6) is 0 Å². The van der Waals surface area contributed by atoms with Gasteiger partial charge in [-0.25, -0.2) is 4.98 Å². The maximum Gasteiger partial charge on any atom is 0.303 e. The van der Waals surface area contributed by atoms with Gasteiger partial charge in [-0.05, 0) is 29.9 Å². The molecule has 1 aliphatic rings. The average molecular weight is 392 g/mol. The fraction of sp³-hybridized carbons (Fsp3) is 0.263. The van der Waals surface area contributed by atoms with Crippen molar-refractivity contribution in [2.75, 3.05) is 0 Å². The second-order valence-corrected chi connectivity index (χ2v) is 8.22. The third kappa shape index (κ3) is 3.78. The summed E-state index contributed by atoms with van der Waals surface area (Å²) in [6.07, 6.45) is 2.66. The second kappa shape index (κ2) is 7.68. The molecule has 1 unspecified atom stereocenters. The number of aromatic nitrogens is 1. The Kier molecular flexibility index (Phi) is 5.57. The van der Waals surface area contributed by atoms with Gasteiger partial charge in [-0.2, -0.15) is 0 Å². The van der Waals surface area contributed by atoms with Crippen molar-refractivity contribution in [1.29, 1.82) is 0 Å². The van der Waals surface area contributed by atoms with Gasteiger partial charge < -0.3 is 5.11 Å². The van der Waals surface area contributed by atoms with E-state index in [-0.39, 0.29) is 24.7 Å². The number of carboxylic acids is 1. The molecule has 1 aliphatic carbocycles. The van der Waals surface area contributed by atoms with Crippen LogP contribution in [-0.4, -0.2) is 16.1 Å². The van der Waals surface area contributed by atoms with E-state index in [2.05, 4.69) is 35.7 Å². The number of carboxylic acid groups (broad SMARTS) is 1. The summed E-state index contributed by atoms with van der Waals surface area (Å²) < 4.78 is 0. The number of aliphatic carboxylic acids is 1. The van der Waals surface area contributed by atoms with Gasteiger partial charge in [0.2, 0.25) is 0 Å². The smallest absolute Gasteiger partial charge is 0.303 e. The number of nitrogens with zero attached hydrogens (tertiary/aromatic N) is 1. The van der Waals surface area contributed by atoms with Crippen molar-refractivity contribution in [3.05, 3.63) is 62.1 Å². The van der Waals surface area contributed by atoms with Gasteiger partial charge in [0, 0.05) is 34.1 Å². The van der Waals surface area contributed by atoms with Crippen LogP contribution in [0, 0.1) is 0 Å². The molecule has 0 bridgehead atoms. The molecule has 1 N–H and O–H groups in total. The molecular formula is C19H18ClNO2S2. The van der Waals surface area contributed by atoms with Crippen LogP contribution < -0.4 is 0 Å². The van der Waals surface area contributed by atoms with Gasteiger partial charge in [0.1, 0.15) is 0 Å². The van der Waals surface area contributed by atoms with Gasteiger partial charge in [-0.15, -0.1) is 35.1 Å². The van der Waals surface area contributed by atoms with Crippen LogP contribution >= 0.6 is 35.1 Å². The zero-order valence-corrected chi connectivity index (χ0v) is 15.9. The zero-order valence-electron chi connectivity index (χ0n) is 13.5. The quantitative estimate of drug-likeness (QED) is 0.479. The zero-order chi connectivity index (χ0) is 16.5. The Morgan fingerprint density at radius 2 is 2.08 bits per heavy atom. The topological polar surface area (TPSA) is 50.2 Å². The maximum atomic E-state index is 11.0.